The molecule has 3 nitrogen and oxygen atoms in total. The lowest BCUT2D eigenvalue weighted by atomic mass is 9.82. The number of rotatable bonds is 7. The first kappa shape index (κ1) is 19.8. The number of unbranched alkanes of at least 4 members (excludes halogenated alkanes) is 1. The molecule has 1 aliphatic heterocycles. The third kappa shape index (κ3) is 4.62. The Hall–Kier alpha value is -0.260. The second kappa shape index (κ2) is 7.10. The van der Waals surface area contributed by atoms with Gasteiger partial charge in [-0.25, -0.2) is 4.84 Å². The van der Waals surface area contributed by atoms with Crippen molar-refractivity contribution in [2.24, 2.45) is 5.92 Å². The minimum atomic E-state index is -3.38. The zero-order valence-corrected chi connectivity index (χ0v) is 15.0. The smallest absolute Gasteiger partial charge is 0.375 e. The Balaban J connectivity index is 2.84. The van der Waals surface area contributed by atoms with Gasteiger partial charge in [0.05, 0.1) is 12.0 Å². The van der Waals surface area contributed by atoms with Crippen LogP contribution in [0.3, 0.4) is 0 Å². The number of halogens is 2. The summed E-state index contributed by atoms with van der Waals surface area (Å²) in [4.78, 5) is 5.21. The molecular weight excluding hydrogens is 288 g/mol. The lowest BCUT2D eigenvalue weighted by Gasteiger charge is -2.52. The monoisotopic (exact) mass is 321 g/mol. The van der Waals surface area contributed by atoms with Gasteiger partial charge >= 0.3 is 6.11 Å². The summed E-state index contributed by atoms with van der Waals surface area (Å²) < 4.78 is 29.1. The van der Waals surface area contributed by atoms with Gasteiger partial charge in [0.2, 0.25) is 0 Å². The van der Waals surface area contributed by atoms with Gasteiger partial charge in [-0.3, -0.25) is 0 Å². The highest BCUT2D eigenvalue weighted by atomic mass is 19.3. The molecule has 2 atom stereocenters. The number of aliphatic hydroxyl groups excluding tert-OH is 1. The first-order valence-corrected chi connectivity index (χ1v) is 8.49. The van der Waals surface area contributed by atoms with Crippen molar-refractivity contribution in [3.63, 3.8) is 0 Å². The molecule has 22 heavy (non-hydrogen) atoms. The highest BCUT2D eigenvalue weighted by Crippen LogP contribution is 2.42. The quantitative estimate of drug-likeness (QED) is 0.735. The number of hydrogen-bond donors (Lipinski definition) is 1. The molecule has 0 aromatic heterocycles. The van der Waals surface area contributed by atoms with Gasteiger partial charge in [-0.1, -0.05) is 26.7 Å². The Morgan fingerprint density at radius 1 is 1.18 bits per heavy atom. The van der Waals surface area contributed by atoms with E-state index in [0.29, 0.717) is 6.42 Å². The van der Waals surface area contributed by atoms with Crippen molar-refractivity contribution in [2.45, 2.75) is 103 Å². The lowest BCUT2D eigenvalue weighted by Crippen LogP contribution is -2.61. The number of hydrogen-bond acceptors (Lipinski definition) is 3. The van der Waals surface area contributed by atoms with Crippen molar-refractivity contribution < 1.29 is 18.7 Å². The van der Waals surface area contributed by atoms with Crippen molar-refractivity contribution >= 4 is 0 Å². The molecule has 1 aliphatic rings. The van der Waals surface area contributed by atoms with Crippen molar-refractivity contribution in [3.05, 3.63) is 0 Å². The highest BCUT2D eigenvalue weighted by Gasteiger charge is 2.51. The van der Waals surface area contributed by atoms with Crippen LogP contribution in [0.25, 0.3) is 0 Å². The third-order valence-corrected chi connectivity index (χ3v) is 4.85. The topological polar surface area (TPSA) is 32.7 Å². The first-order valence-electron chi connectivity index (χ1n) is 8.49. The SMILES string of the molecule is CCCC[C@@H](O)[C@H](C)C(F)(F)ON1C(C)(C)CCCC1(C)C. The number of piperidine rings is 1. The number of nitrogens with zero attached hydrogens (tertiary/aromatic N) is 1. The second-order valence-corrected chi connectivity index (χ2v) is 7.92. The number of alkyl halides is 2. The van der Waals surface area contributed by atoms with Gasteiger partial charge in [0.25, 0.3) is 0 Å². The van der Waals surface area contributed by atoms with Gasteiger partial charge in [-0.05, 0) is 53.4 Å². The molecule has 0 unspecified atom stereocenters. The molecule has 1 N–H and O–H groups in total. The molecule has 0 aliphatic carbocycles. The van der Waals surface area contributed by atoms with Crippen LogP contribution < -0.4 is 0 Å². The summed E-state index contributed by atoms with van der Waals surface area (Å²) in [5.74, 6) is -1.23. The van der Waals surface area contributed by atoms with Gasteiger partial charge in [0.15, 0.2) is 0 Å². The maximum absolute atomic E-state index is 14.5. The average Bonchev–Trinajstić information content (AvgIpc) is 2.39. The van der Waals surface area contributed by atoms with E-state index in [9.17, 15) is 13.9 Å². The van der Waals surface area contributed by atoms with Crippen molar-refractivity contribution in [3.8, 4) is 0 Å². The van der Waals surface area contributed by atoms with Crippen LogP contribution in [-0.2, 0) is 4.84 Å². The standard InChI is InChI=1S/C17H33F2NO2/c1-7-8-10-14(21)13(2)17(18,19)22-20-15(3,4)11-9-12-16(20,5)6/h13-14,21H,7-12H2,1-6H3/t13-,14+/m0/s1. The molecule has 0 aromatic carbocycles. The Bertz CT molecular complexity index is 343. The molecule has 0 bridgehead atoms. The molecule has 1 rings (SSSR count). The highest BCUT2D eigenvalue weighted by molar-refractivity contribution is 4.93. The van der Waals surface area contributed by atoms with E-state index < -0.39 is 29.2 Å². The minimum absolute atomic E-state index is 0.378. The first-order chi connectivity index (χ1) is 9.94. The Labute approximate surface area is 134 Å². The molecule has 0 radical (unpaired) electrons. The Kier molecular flexibility index (Phi) is 6.38. The van der Waals surface area contributed by atoms with Crippen molar-refractivity contribution in [1.29, 1.82) is 0 Å². The summed E-state index contributed by atoms with van der Waals surface area (Å²) in [6.07, 6.45) is 0.206. The number of aliphatic hydroxyl groups is 1. The van der Waals surface area contributed by atoms with Gasteiger partial charge in [-0.15, -0.1) is 0 Å². The van der Waals surface area contributed by atoms with Crippen LogP contribution in [0.2, 0.25) is 0 Å². The third-order valence-electron chi connectivity index (χ3n) is 4.85. The maximum Gasteiger partial charge on any atom is 0.375 e. The van der Waals surface area contributed by atoms with Crippen LogP contribution >= 0.6 is 0 Å². The van der Waals surface area contributed by atoms with Crippen molar-refractivity contribution in [1.82, 2.24) is 5.06 Å². The van der Waals surface area contributed by atoms with E-state index in [1.807, 2.05) is 34.6 Å². The van der Waals surface area contributed by atoms with Crippen molar-refractivity contribution in [2.75, 3.05) is 0 Å². The van der Waals surface area contributed by atoms with Crippen LogP contribution in [0.5, 0.6) is 0 Å². The molecule has 0 spiro atoms. The fraction of sp³-hybridized carbons (Fsp3) is 1.00. The van der Waals surface area contributed by atoms with Gasteiger partial charge in [-0.2, -0.15) is 13.8 Å². The van der Waals surface area contributed by atoms with Gasteiger partial charge in [0, 0.05) is 11.1 Å². The largest absolute Gasteiger partial charge is 0.393 e. The van der Waals surface area contributed by atoms with E-state index >= 15 is 0 Å². The Morgan fingerprint density at radius 3 is 2.14 bits per heavy atom. The van der Waals surface area contributed by atoms with Crippen LogP contribution in [0.15, 0.2) is 0 Å². The van der Waals surface area contributed by atoms with E-state index in [1.54, 1.807) is 0 Å². The molecule has 0 amide bonds. The molecule has 1 heterocycles. The summed E-state index contributed by atoms with van der Waals surface area (Å²) in [5.41, 5.74) is -0.890. The normalized spacial score (nSPS) is 25.0. The van der Waals surface area contributed by atoms with E-state index in [4.69, 9.17) is 4.84 Å². The van der Waals surface area contributed by atoms with Gasteiger partial charge < -0.3 is 5.11 Å². The fourth-order valence-corrected chi connectivity index (χ4v) is 3.32. The molecule has 5 heteroatoms. The summed E-state index contributed by atoms with van der Waals surface area (Å²) in [6, 6.07) is 0. The average molecular weight is 321 g/mol. The van der Waals surface area contributed by atoms with E-state index in [2.05, 4.69) is 0 Å². The fourth-order valence-electron chi connectivity index (χ4n) is 3.32. The lowest BCUT2D eigenvalue weighted by molar-refractivity contribution is -0.427. The predicted molar refractivity (Wildman–Crippen MR) is 84.6 cm³/mol. The minimum Gasteiger partial charge on any atom is -0.393 e. The summed E-state index contributed by atoms with van der Waals surface area (Å²) in [7, 11) is 0. The summed E-state index contributed by atoms with van der Waals surface area (Å²) >= 11 is 0. The molecule has 0 saturated carbocycles. The Morgan fingerprint density at radius 2 is 1.68 bits per heavy atom. The van der Waals surface area contributed by atoms with Gasteiger partial charge in [0.1, 0.15) is 0 Å². The zero-order valence-electron chi connectivity index (χ0n) is 15.0. The molecule has 1 fully saturated rings. The summed E-state index contributed by atoms with van der Waals surface area (Å²) in [6.45, 7) is 11.1. The summed E-state index contributed by atoms with van der Waals surface area (Å²) in [5, 5.41) is 11.5. The predicted octanol–water partition coefficient (Wildman–Crippen LogP) is 4.74. The number of hydroxylamine groups is 2. The maximum atomic E-state index is 14.5. The van der Waals surface area contributed by atoms with Crippen LogP contribution in [0, 0.1) is 5.92 Å². The molecular formula is C17H33F2NO2. The molecule has 0 aromatic rings. The molecule has 1 saturated heterocycles. The van der Waals surface area contributed by atoms with E-state index in [0.717, 1.165) is 32.1 Å². The zero-order chi connectivity index (χ0) is 17.2. The van der Waals surface area contributed by atoms with E-state index in [-0.39, 0.29) is 0 Å². The van der Waals surface area contributed by atoms with Crippen LogP contribution in [0.1, 0.15) is 80.1 Å². The van der Waals surface area contributed by atoms with E-state index in [1.165, 1.54) is 12.0 Å². The van der Waals surface area contributed by atoms with Crippen LogP contribution in [0.4, 0.5) is 8.78 Å². The van der Waals surface area contributed by atoms with Crippen LogP contribution in [-0.4, -0.2) is 33.5 Å². The second-order valence-electron chi connectivity index (χ2n) is 7.92. The molecule has 132 valence electrons.